The Balaban J connectivity index is 1.62. The van der Waals surface area contributed by atoms with Crippen LogP contribution in [0.5, 0.6) is 5.75 Å². The van der Waals surface area contributed by atoms with E-state index in [0.29, 0.717) is 25.7 Å². The number of pyridine rings is 1. The highest BCUT2D eigenvalue weighted by molar-refractivity contribution is 5.97. The van der Waals surface area contributed by atoms with E-state index in [1.54, 1.807) is 0 Å². The molecule has 0 radical (unpaired) electrons. The number of hydrogen-bond donors (Lipinski definition) is 2. The van der Waals surface area contributed by atoms with Crippen molar-refractivity contribution in [1.82, 2.24) is 10.3 Å². The van der Waals surface area contributed by atoms with Gasteiger partial charge in [-0.2, -0.15) is 8.78 Å². The summed E-state index contributed by atoms with van der Waals surface area (Å²) in [6, 6.07) is 3.37. The third-order valence-electron chi connectivity index (χ3n) is 4.67. The summed E-state index contributed by atoms with van der Waals surface area (Å²) in [5.74, 6) is -2.99. The number of amides is 1. The molecule has 0 unspecified atom stereocenters. The fourth-order valence-electron chi connectivity index (χ4n) is 3.27. The largest absolute Gasteiger partial charge is 0.480 e. The Hall–Kier alpha value is -2.88. The Kier molecular flexibility index (Phi) is 6.53. The SMILES string of the molecule is O=C(O)COC1CCC(NC(=O)c2cnc3cc(OC(F)F)c(F)cc3c2)CC1. The van der Waals surface area contributed by atoms with Crippen molar-refractivity contribution in [2.75, 3.05) is 6.61 Å². The number of aliphatic carboxylic acids is 1. The van der Waals surface area contributed by atoms with Crippen LogP contribution in [0.15, 0.2) is 24.4 Å². The van der Waals surface area contributed by atoms with E-state index in [0.717, 1.165) is 12.1 Å². The Labute approximate surface area is 163 Å². The molecule has 1 fully saturated rings. The molecule has 0 bridgehead atoms. The minimum atomic E-state index is -3.16. The molecule has 0 aliphatic heterocycles. The van der Waals surface area contributed by atoms with Gasteiger partial charge in [0.25, 0.3) is 5.91 Å². The molecule has 1 heterocycles. The van der Waals surface area contributed by atoms with Crippen molar-refractivity contribution in [3.63, 3.8) is 0 Å². The van der Waals surface area contributed by atoms with Gasteiger partial charge in [0.2, 0.25) is 0 Å². The van der Waals surface area contributed by atoms with E-state index in [1.807, 2.05) is 0 Å². The summed E-state index contributed by atoms with van der Waals surface area (Å²) in [6.07, 6.45) is 3.68. The van der Waals surface area contributed by atoms with Crippen LogP contribution in [0, 0.1) is 5.82 Å². The van der Waals surface area contributed by atoms with Crippen LogP contribution >= 0.6 is 0 Å². The molecule has 3 rings (SSSR count). The maximum atomic E-state index is 13.9. The number of fused-ring (bicyclic) bond motifs is 1. The molecule has 2 N–H and O–H groups in total. The number of carboxylic acid groups (broad SMARTS) is 1. The Morgan fingerprint density at radius 2 is 1.93 bits per heavy atom. The van der Waals surface area contributed by atoms with Crippen molar-refractivity contribution < 1.29 is 37.3 Å². The normalized spacial score (nSPS) is 19.3. The molecule has 156 valence electrons. The van der Waals surface area contributed by atoms with Gasteiger partial charge in [-0.1, -0.05) is 0 Å². The molecule has 0 saturated heterocycles. The summed E-state index contributed by atoms with van der Waals surface area (Å²) >= 11 is 0. The van der Waals surface area contributed by atoms with Gasteiger partial charge in [0.15, 0.2) is 11.6 Å². The van der Waals surface area contributed by atoms with Crippen LogP contribution in [0.2, 0.25) is 0 Å². The Morgan fingerprint density at radius 3 is 2.59 bits per heavy atom. The highest BCUT2D eigenvalue weighted by Gasteiger charge is 2.24. The number of aromatic nitrogens is 1. The number of halogens is 3. The molecule has 1 amide bonds. The highest BCUT2D eigenvalue weighted by Crippen LogP contribution is 2.26. The number of carbonyl (C=O) groups excluding carboxylic acids is 1. The summed E-state index contributed by atoms with van der Waals surface area (Å²) in [4.78, 5) is 27.0. The maximum Gasteiger partial charge on any atom is 0.387 e. The molecule has 0 atom stereocenters. The molecule has 1 aromatic carbocycles. The highest BCUT2D eigenvalue weighted by atomic mass is 19.3. The van der Waals surface area contributed by atoms with Crippen molar-refractivity contribution in [1.29, 1.82) is 0 Å². The Bertz CT molecular complexity index is 901. The van der Waals surface area contributed by atoms with Crippen LogP contribution in [0.3, 0.4) is 0 Å². The first kappa shape index (κ1) is 20.8. The van der Waals surface area contributed by atoms with Crippen LogP contribution in [0.1, 0.15) is 36.0 Å². The third kappa shape index (κ3) is 5.57. The molecule has 1 saturated carbocycles. The van der Waals surface area contributed by atoms with Crippen molar-refractivity contribution >= 4 is 22.8 Å². The molecule has 29 heavy (non-hydrogen) atoms. The van der Waals surface area contributed by atoms with Gasteiger partial charge in [-0.05, 0) is 37.8 Å². The number of nitrogens with one attached hydrogen (secondary N) is 1. The zero-order valence-electron chi connectivity index (χ0n) is 15.2. The summed E-state index contributed by atoms with van der Waals surface area (Å²) in [5, 5.41) is 11.8. The van der Waals surface area contributed by atoms with Gasteiger partial charge in [0.05, 0.1) is 17.2 Å². The van der Waals surface area contributed by atoms with E-state index >= 15 is 0 Å². The minimum Gasteiger partial charge on any atom is -0.480 e. The standard InChI is InChI=1S/C19H19F3N2O5/c20-14-6-10-5-11(8-23-15(10)7-16(14)29-19(21)22)18(27)24-12-1-3-13(4-2-12)28-9-17(25)26/h5-8,12-13,19H,1-4,9H2,(H,24,27)(H,25,26). The molecule has 1 aliphatic rings. The predicted molar refractivity (Wildman–Crippen MR) is 95.4 cm³/mol. The van der Waals surface area contributed by atoms with Gasteiger partial charge in [-0.3, -0.25) is 9.78 Å². The van der Waals surface area contributed by atoms with E-state index < -0.39 is 24.1 Å². The molecule has 2 aromatic rings. The molecule has 7 nitrogen and oxygen atoms in total. The molecule has 1 aromatic heterocycles. The number of benzene rings is 1. The fourth-order valence-corrected chi connectivity index (χ4v) is 3.27. The smallest absolute Gasteiger partial charge is 0.387 e. The van der Waals surface area contributed by atoms with E-state index in [2.05, 4.69) is 15.0 Å². The predicted octanol–water partition coefficient (Wildman–Crippen LogP) is 3.12. The lowest BCUT2D eigenvalue weighted by Gasteiger charge is -2.28. The van der Waals surface area contributed by atoms with Crippen molar-refractivity contribution in [3.8, 4) is 5.75 Å². The van der Waals surface area contributed by atoms with Crippen LogP contribution in [0.4, 0.5) is 13.2 Å². The van der Waals surface area contributed by atoms with Gasteiger partial charge >= 0.3 is 12.6 Å². The first-order chi connectivity index (χ1) is 13.8. The van der Waals surface area contributed by atoms with E-state index in [1.165, 1.54) is 12.3 Å². The van der Waals surface area contributed by atoms with Crippen LogP contribution in [-0.4, -0.2) is 47.3 Å². The van der Waals surface area contributed by atoms with E-state index in [-0.39, 0.29) is 41.1 Å². The van der Waals surface area contributed by atoms with Gasteiger partial charge in [0, 0.05) is 23.7 Å². The molecule has 1 aliphatic carbocycles. The third-order valence-corrected chi connectivity index (χ3v) is 4.67. The zero-order valence-corrected chi connectivity index (χ0v) is 15.2. The molecular formula is C19H19F3N2O5. The average Bonchev–Trinajstić information content (AvgIpc) is 2.67. The summed E-state index contributed by atoms with van der Waals surface area (Å²) in [5.41, 5.74) is 0.429. The number of hydrogen-bond acceptors (Lipinski definition) is 5. The molecule has 0 spiro atoms. The van der Waals surface area contributed by atoms with Crippen LogP contribution < -0.4 is 10.1 Å². The number of nitrogens with zero attached hydrogens (tertiary/aromatic N) is 1. The number of carboxylic acids is 1. The number of rotatable bonds is 7. The molecular weight excluding hydrogens is 393 g/mol. The second-order valence-corrected chi connectivity index (χ2v) is 6.73. The van der Waals surface area contributed by atoms with Crippen LogP contribution in [-0.2, 0) is 9.53 Å². The van der Waals surface area contributed by atoms with E-state index in [4.69, 9.17) is 9.84 Å². The average molecular weight is 412 g/mol. The number of ether oxygens (including phenoxy) is 2. The fraction of sp³-hybridized carbons (Fsp3) is 0.421. The Morgan fingerprint density at radius 1 is 1.21 bits per heavy atom. The first-order valence-corrected chi connectivity index (χ1v) is 9.00. The zero-order chi connectivity index (χ0) is 21.0. The second kappa shape index (κ2) is 9.08. The van der Waals surface area contributed by atoms with Gasteiger partial charge in [0.1, 0.15) is 6.61 Å². The summed E-state index contributed by atoms with van der Waals surface area (Å²) in [6.45, 7) is -3.50. The number of alkyl halides is 2. The minimum absolute atomic E-state index is 0.0959. The van der Waals surface area contributed by atoms with Gasteiger partial charge in [-0.25, -0.2) is 9.18 Å². The lowest BCUT2D eigenvalue weighted by atomic mass is 9.92. The lowest BCUT2D eigenvalue weighted by molar-refractivity contribution is -0.145. The van der Waals surface area contributed by atoms with Crippen molar-refractivity contribution in [2.24, 2.45) is 0 Å². The van der Waals surface area contributed by atoms with Gasteiger partial charge in [-0.15, -0.1) is 0 Å². The van der Waals surface area contributed by atoms with Crippen molar-refractivity contribution in [3.05, 3.63) is 35.8 Å². The lowest BCUT2D eigenvalue weighted by Crippen LogP contribution is -2.39. The molecule has 10 heteroatoms. The quantitative estimate of drug-likeness (QED) is 0.725. The summed E-state index contributed by atoms with van der Waals surface area (Å²) in [7, 11) is 0. The van der Waals surface area contributed by atoms with E-state index in [9.17, 15) is 22.8 Å². The number of carbonyl (C=O) groups is 2. The van der Waals surface area contributed by atoms with Crippen LogP contribution in [0.25, 0.3) is 10.9 Å². The summed E-state index contributed by atoms with van der Waals surface area (Å²) < 4.78 is 47.9. The topological polar surface area (TPSA) is 97.8 Å². The van der Waals surface area contributed by atoms with Crippen molar-refractivity contribution in [2.45, 2.75) is 44.4 Å². The second-order valence-electron chi connectivity index (χ2n) is 6.73. The van der Waals surface area contributed by atoms with Gasteiger partial charge < -0.3 is 19.9 Å². The first-order valence-electron chi connectivity index (χ1n) is 9.00. The monoisotopic (exact) mass is 412 g/mol. The maximum absolute atomic E-state index is 13.9.